The van der Waals surface area contributed by atoms with Crippen molar-refractivity contribution in [1.29, 1.82) is 0 Å². The van der Waals surface area contributed by atoms with Gasteiger partial charge in [0, 0.05) is 11.8 Å². The Hall–Kier alpha value is -2.76. The summed E-state index contributed by atoms with van der Waals surface area (Å²) in [6.45, 7) is -0.527. The van der Waals surface area contributed by atoms with E-state index >= 15 is 0 Å². The first-order chi connectivity index (χ1) is 10.5. The monoisotopic (exact) mass is 305 g/mol. The largest absolute Gasteiger partial charge is 0.480 e. The highest BCUT2D eigenvalue weighted by Crippen LogP contribution is 2.16. The minimum absolute atomic E-state index is 0.147. The average Bonchev–Trinajstić information content (AvgIpc) is 2.44. The van der Waals surface area contributed by atoms with E-state index in [1.807, 2.05) is 0 Å². The van der Waals surface area contributed by atoms with E-state index in [-0.39, 0.29) is 12.0 Å². The third-order valence-corrected chi connectivity index (χ3v) is 2.94. The van der Waals surface area contributed by atoms with Crippen LogP contribution in [0.3, 0.4) is 0 Å². The molecular weight excluding hydrogens is 292 g/mol. The number of nitrogens with zero attached hydrogens (tertiary/aromatic N) is 1. The van der Waals surface area contributed by atoms with Gasteiger partial charge in [-0.25, -0.2) is 8.78 Å². The van der Waals surface area contributed by atoms with E-state index in [2.05, 4.69) is 0 Å². The molecule has 2 aromatic carbocycles. The lowest BCUT2D eigenvalue weighted by Gasteiger charge is -2.21. The number of amides is 1. The molecule has 0 bridgehead atoms. The van der Waals surface area contributed by atoms with Crippen LogP contribution in [0.25, 0.3) is 0 Å². The maximum Gasteiger partial charge on any atom is 0.323 e. The van der Waals surface area contributed by atoms with E-state index in [4.69, 9.17) is 5.11 Å². The summed E-state index contributed by atoms with van der Waals surface area (Å²) in [6.07, 6.45) is -0.295. The summed E-state index contributed by atoms with van der Waals surface area (Å²) >= 11 is 0. The van der Waals surface area contributed by atoms with Crippen molar-refractivity contribution in [2.45, 2.75) is 6.42 Å². The summed E-state index contributed by atoms with van der Waals surface area (Å²) in [4.78, 5) is 24.3. The van der Waals surface area contributed by atoms with Crippen LogP contribution in [0.15, 0.2) is 48.5 Å². The number of carbonyl (C=O) groups excluding carboxylic acids is 1. The Morgan fingerprint density at radius 3 is 2.14 bits per heavy atom. The lowest BCUT2D eigenvalue weighted by Crippen LogP contribution is -2.36. The predicted molar refractivity (Wildman–Crippen MR) is 76.5 cm³/mol. The summed E-state index contributed by atoms with van der Waals surface area (Å²) in [5.41, 5.74) is 0.556. The van der Waals surface area contributed by atoms with Crippen LogP contribution < -0.4 is 4.90 Å². The van der Waals surface area contributed by atoms with Crippen LogP contribution in [0, 0.1) is 11.6 Å². The second kappa shape index (κ2) is 6.80. The fourth-order valence-electron chi connectivity index (χ4n) is 2.05. The van der Waals surface area contributed by atoms with Crippen LogP contribution in [-0.4, -0.2) is 23.5 Å². The van der Waals surface area contributed by atoms with E-state index in [0.29, 0.717) is 11.8 Å². The first-order valence-electron chi connectivity index (χ1n) is 6.48. The highest BCUT2D eigenvalue weighted by atomic mass is 19.1. The summed E-state index contributed by atoms with van der Waals surface area (Å²) in [7, 11) is 0. The van der Waals surface area contributed by atoms with Crippen LogP contribution in [0.4, 0.5) is 14.5 Å². The molecule has 0 atom stereocenters. The van der Waals surface area contributed by atoms with Crippen molar-refractivity contribution in [1.82, 2.24) is 0 Å². The molecule has 2 rings (SSSR count). The van der Waals surface area contributed by atoms with Gasteiger partial charge < -0.3 is 10.0 Å². The minimum atomic E-state index is -1.18. The lowest BCUT2D eigenvalue weighted by atomic mass is 10.1. The van der Waals surface area contributed by atoms with Gasteiger partial charge in [-0.3, -0.25) is 9.59 Å². The molecule has 0 radical (unpaired) electrons. The molecule has 0 saturated carbocycles. The Morgan fingerprint density at radius 1 is 1.00 bits per heavy atom. The van der Waals surface area contributed by atoms with Crippen molar-refractivity contribution < 1.29 is 23.5 Å². The lowest BCUT2D eigenvalue weighted by molar-refractivity contribution is -0.136. The maximum atomic E-state index is 13.2. The molecule has 0 aliphatic rings. The Labute approximate surface area is 125 Å². The smallest absolute Gasteiger partial charge is 0.323 e. The molecule has 0 aliphatic heterocycles. The van der Waals surface area contributed by atoms with Gasteiger partial charge >= 0.3 is 5.97 Å². The van der Waals surface area contributed by atoms with E-state index in [0.717, 1.165) is 17.0 Å². The highest BCUT2D eigenvalue weighted by molar-refractivity contribution is 5.98. The standard InChI is InChI=1S/C16H13F2NO3/c17-12-6-11(7-13(18)9-12)8-15(20)19(10-16(21)22)14-4-2-1-3-5-14/h1-7,9H,8,10H2,(H,21,22). The SMILES string of the molecule is O=C(O)CN(C(=O)Cc1cc(F)cc(F)c1)c1ccccc1. The molecule has 2 aromatic rings. The van der Waals surface area contributed by atoms with E-state index in [1.54, 1.807) is 30.3 Å². The highest BCUT2D eigenvalue weighted by Gasteiger charge is 2.19. The van der Waals surface area contributed by atoms with Gasteiger partial charge in [0.25, 0.3) is 0 Å². The molecule has 0 fully saturated rings. The van der Waals surface area contributed by atoms with Crippen molar-refractivity contribution in [3.63, 3.8) is 0 Å². The van der Waals surface area contributed by atoms with Gasteiger partial charge in [-0.2, -0.15) is 0 Å². The number of carboxylic acid groups (broad SMARTS) is 1. The number of aliphatic carboxylic acids is 1. The van der Waals surface area contributed by atoms with Crippen LogP contribution in [-0.2, 0) is 16.0 Å². The number of carbonyl (C=O) groups is 2. The van der Waals surface area contributed by atoms with E-state index < -0.39 is 30.1 Å². The topological polar surface area (TPSA) is 57.6 Å². The normalized spacial score (nSPS) is 10.3. The molecule has 0 aromatic heterocycles. The number of para-hydroxylation sites is 1. The fraction of sp³-hybridized carbons (Fsp3) is 0.125. The number of rotatable bonds is 5. The zero-order valence-corrected chi connectivity index (χ0v) is 11.5. The third kappa shape index (κ3) is 4.12. The van der Waals surface area contributed by atoms with Gasteiger partial charge in [0.2, 0.25) is 5.91 Å². The summed E-state index contributed by atoms with van der Waals surface area (Å²) in [6, 6.07) is 11.0. The Morgan fingerprint density at radius 2 is 1.59 bits per heavy atom. The molecule has 1 amide bonds. The van der Waals surface area contributed by atoms with Crippen molar-refractivity contribution in [2.75, 3.05) is 11.4 Å². The minimum Gasteiger partial charge on any atom is -0.480 e. The molecule has 0 unspecified atom stereocenters. The molecule has 0 aliphatic carbocycles. The number of carboxylic acids is 1. The summed E-state index contributed by atoms with van der Waals surface area (Å²) in [5.74, 6) is -3.30. The number of halogens is 2. The maximum absolute atomic E-state index is 13.2. The number of hydrogen-bond donors (Lipinski definition) is 1. The average molecular weight is 305 g/mol. The van der Waals surface area contributed by atoms with Crippen LogP contribution >= 0.6 is 0 Å². The van der Waals surface area contributed by atoms with Gasteiger partial charge in [0.15, 0.2) is 0 Å². The van der Waals surface area contributed by atoms with E-state index in [9.17, 15) is 18.4 Å². The van der Waals surface area contributed by atoms with Crippen LogP contribution in [0.1, 0.15) is 5.56 Å². The number of hydrogen-bond acceptors (Lipinski definition) is 2. The van der Waals surface area contributed by atoms with Crippen LogP contribution in [0.2, 0.25) is 0 Å². The van der Waals surface area contributed by atoms with Crippen molar-refractivity contribution >= 4 is 17.6 Å². The quantitative estimate of drug-likeness (QED) is 0.924. The van der Waals surface area contributed by atoms with Crippen molar-refractivity contribution in [3.05, 3.63) is 65.7 Å². The molecule has 0 saturated heterocycles. The zero-order chi connectivity index (χ0) is 16.1. The van der Waals surface area contributed by atoms with Crippen molar-refractivity contribution in [2.24, 2.45) is 0 Å². The predicted octanol–water partition coefficient (Wildman–Crippen LogP) is 2.63. The van der Waals surface area contributed by atoms with Gasteiger partial charge in [0.05, 0.1) is 6.42 Å². The van der Waals surface area contributed by atoms with Gasteiger partial charge in [-0.15, -0.1) is 0 Å². The molecule has 6 heteroatoms. The number of anilines is 1. The zero-order valence-electron chi connectivity index (χ0n) is 11.5. The van der Waals surface area contributed by atoms with Gasteiger partial charge in [-0.1, -0.05) is 18.2 Å². The Bertz CT molecular complexity index is 669. The number of benzene rings is 2. The molecule has 114 valence electrons. The van der Waals surface area contributed by atoms with Gasteiger partial charge in [0.1, 0.15) is 18.2 Å². The first kappa shape index (κ1) is 15.6. The molecule has 1 N–H and O–H groups in total. The van der Waals surface area contributed by atoms with Crippen molar-refractivity contribution in [3.8, 4) is 0 Å². The fourth-order valence-corrected chi connectivity index (χ4v) is 2.05. The molecule has 0 spiro atoms. The second-order valence-corrected chi connectivity index (χ2v) is 4.66. The molecule has 4 nitrogen and oxygen atoms in total. The first-order valence-corrected chi connectivity index (χ1v) is 6.48. The van der Waals surface area contributed by atoms with Gasteiger partial charge in [-0.05, 0) is 29.8 Å². The summed E-state index contributed by atoms with van der Waals surface area (Å²) in [5, 5.41) is 8.93. The second-order valence-electron chi connectivity index (χ2n) is 4.66. The molecule has 0 heterocycles. The Balaban J connectivity index is 2.24. The third-order valence-electron chi connectivity index (χ3n) is 2.94. The van der Waals surface area contributed by atoms with E-state index in [1.165, 1.54) is 0 Å². The Kier molecular flexibility index (Phi) is 4.83. The molecule has 22 heavy (non-hydrogen) atoms. The summed E-state index contributed by atoms with van der Waals surface area (Å²) < 4.78 is 26.3. The molecular formula is C16H13F2NO3. The van der Waals surface area contributed by atoms with Crippen LogP contribution in [0.5, 0.6) is 0 Å².